The predicted octanol–water partition coefficient (Wildman–Crippen LogP) is 2.95. The molecule has 0 aromatic carbocycles. The van der Waals surface area contributed by atoms with Gasteiger partial charge in [-0.25, -0.2) is 0 Å². The highest BCUT2D eigenvalue weighted by Crippen LogP contribution is 2.30. The van der Waals surface area contributed by atoms with Gasteiger partial charge in [0.15, 0.2) is 0 Å². The molecule has 0 aliphatic carbocycles. The van der Waals surface area contributed by atoms with E-state index >= 15 is 0 Å². The van der Waals surface area contributed by atoms with Gasteiger partial charge in [-0.05, 0) is 40.2 Å². The fourth-order valence-electron chi connectivity index (χ4n) is 2.55. The van der Waals surface area contributed by atoms with Gasteiger partial charge >= 0.3 is 0 Å². The Labute approximate surface area is 114 Å². The quantitative estimate of drug-likeness (QED) is 0.895. The number of hydrogen-bond acceptors (Lipinski definition) is 3. The molecule has 1 aliphatic heterocycles. The molecule has 0 radical (unpaired) electrons. The second-order valence-corrected chi connectivity index (χ2v) is 5.54. The Hall–Kier alpha value is -0.580. The molecular formula is C13H22ClN3O. The van der Waals surface area contributed by atoms with Crippen LogP contribution >= 0.6 is 11.6 Å². The summed E-state index contributed by atoms with van der Waals surface area (Å²) in [5.41, 5.74) is 1.07. The molecule has 18 heavy (non-hydrogen) atoms. The van der Waals surface area contributed by atoms with Crippen LogP contribution in [-0.4, -0.2) is 29.5 Å². The number of rotatable bonds is 5. The minimum absolute atomic E-state index is 0.200. The van der Waals surface area contributed by atoms with E-state index in [2.05, 4.69) is 24.3 Å². The third kappa shape index (κ3) is 2.87. The van der Waals surface area contributed by atoms with E-state index in [1.807, 2.05) is 11.7 Å². The molecule has 1 aliphatic rings. The molecule has 2 unspecified atom stereocenters. The molecule has 1 aromatic heterocycles. The van der Waals surface area contributed by atoms with Crippen molar-refractivity contribution in [2.24, 2.45) is 0 Å². The molecule has 4 nitrogen and oxygen atoms in total. The molecule has 0 saturated carbocycles. The van der Waals surface area contributed by atoms with Gasteiger partial charge in [0, 0.05) is 12.6 Å². The van der Waals surface area contributed by atoms with Gasteiger partial charge in [-0.3, -0.25) is 4.68 Å². The van der Waals surface area contributed by atoms with E-state index in [0.29, 0.717) is 12.1 Å². The first-order valence-corrected chi connectivity index (χ1v) is 7.03. The summed E-state index contributed by atoms with van der Waals surface area (Å²) >= 11 is 6.28. The van der Waals surface area contributed by atoms with Gasteiger partial charge in [0.25, 0.3) is 0 Å². The van der Waals surface area contributed by atoms with Crippen molar-refractivity contribution in [3.05, 3.63) is 16.9 Å². The zero-order chi connectivity index (χ0) is 13.1. The maximum absolute atomic E-state index is 6.28. The molecule has 102 valence electrons. The fraction of sp³-hybridized carbons (Fsp3) is 0.769. The van der Waals surface area contributed by atoms with Crippen LogP contribution in [0.4, 0.5) is 0 Å². The summed E-state index contributed by atoms with van der Waals surface area (Å²) in [7, 11) is 1.97. The zero-order valence-corrected chi connectivity index (χ0v) is 12.1. The molecule has 0 spiro atoms. The van der Waals surface area contributed by atoms with E-state index in [1.165, 1.54) is 0 Å². The third-order valence-electron chi connectivity index (χ3n) is 3.48. The Morgan fingerprint density at radius 2 is 2.39 bits per heavy atom. The highest BCUT2D eigenvalue weighted by atomic mass is 35.5. The molecular weight excluding hydrogens is 250 g/mol. The number of ether oxygens (including phenoxy) is 1. The Kier molecular flexibility index (Phi) is 4.65. The summed E-state index contributed by atoms with van der Waals surface area (Å²) in [4.78, 5) is 0. The normalized spacial score (nSPS) is 21.7. The van der Waals surface area contributed by atoms with Crippen LogP contribution in [0.5, 0.6) is 0 Å². The van der Waals surface area contributed by atoms with Crippen molar-refractivity contribution in [2.75, 3.05) is 13.7 Å². The minimum Gasteiger partial charge on any atom is -0.378 e. The van der Waals surface area contributed by atoms with Crippen molar-refractivity contribution in [2.45, 2.75) is 51.3 Å². The lowest BCUT2D eigenvalue weighted by Crippen LogP contribution is -2.25. The molecule has 1 aromatic rings. The maximum Gasteiger partial charge on any atom is 0.0834 e. The highest BCUT2D eigenvalue weighted by molar-refractivity contribution is 6.31. The van der Waals surface area contributed by atoms with Crippen LogP contribution in [0.15, 0.2) is 6.20 Å². The first-order valence-electron chi connectivity index (χ1n) is 6.65. The van der Waals surface area contributed by atoms with Crippen molar-refractivity contribution in [3.8, 4) is 0 Å². The van der Waals surface area contributed by atoms with Gasteiger partial charge < -0.3 is 10.1 Å². The summed E-state index contributed by atoms with van der Waals surface area (Å²) in [6.45, 7) is 5.12. The first-order chi connectivity index (χ1) is 8.63. The van der Waals surface area contributed by atoms with Gasteiger partial charge in [-0.1, -0.05) is 11.6 Å². The van der Waals surface area contributed by atoms with Gasteiger partial charge in [0.1, 0.15) is 0 Å². The largest absolute Gasteiger partial charge is 0.378 e. The van der Waals surface area contributed by atoms with Gasteiger partial charge in [0.2, 0.25) is 0 Å². The lowest BCUT2D eigenvalue weighted by molar-refractivity contribution is 0.0943. The number of nitrogens with one attached hydrogen (secondary N) is 1. The van der Waals surface area contributed by atoms with Crippen LogP contribution in [0.3, 0.4) is 0 Å². The standard InChI is InChI=1S/C13H22ClN3O/c1-9(2)17-13(11(14)8-16-17)12(15-3)7-10-5-4-6-18-10/h8-10,12,15H,4-7H2,1-3H3. The average molecular weight is 272 g/mol. The van der Waals surface area contributed by atoms with Gasteiger partial charge in [0.05, 0.1) is 29.1 Å². The van der Waals surface area contributed by atoms with Crippen LogP contribution in [0.1, 0.15) is 50.9 Å². The van der Waals surface area contributed by atoms with Crippen LogP contribution in [0.2, 0.25) is 5.02 Å². The fourth-order valence-corrected chi connectivity index (χ4v) is 2.81. The Morgan fingerprint density at radius 1 is 1.61 bits per heavy atom. The van der Waals surface area contributed by atoms with Crippen LogP contribution in [0, 0.1) is 0 Å². The van der Waals surface area contributed by atoms with E-state index in [9.17, 15) is 0 Å². The summed E-state index contributed by atoms with van der Waals surface area (Å²) in [5, 5.41) is 8.44. The Balaban J connectivity index is 2.17. The summed E-state index contributed by atoms with van der Waals surface area (Å²) in [6, 6.07) is 0.512. The van der Waals surface area contributed by atoms with Crippen molar-refractivity contribution in [1.82, 2.24) is 15.1 Å². The van der Waals surface area contributed by atoms with E-state index in [1.54, 1.807) is 6.20 Å². The molecule has 2 rings (SSSR count). The first kappa shape index (κ1) is 13.8. The summed E-state index contributed by atoms with van der Waals surface area (Å²) < 4.78 is 7.71. The molecule has 5 heteroatoms. The average Bonchev–Trinajstić information content (AvgIpc) is 2.95. The SMILES string of the molecule is CNC(CC1CCCO1)c1c(Cl)cnn1C(C)C. The molecule has 1 fully saturated rings. The zero-order valence-electron chi connectivity index (χ0n) is 11.3. The molecule has 0 amide bonds. The van der Waals surface area contributed by atoms with E-state index in [4.69, 9.17) is 16.3 Å². The Morgan fingerprint density at radius 3 is 2.94 bits per heavy atom. The Bertz CT molecular complexity index is 386. The monoisotopic (exact) mass is 271 g/mol. The van der Waals surface area contributed by atoms with Crippen molar-refractivity contribution < 1.29 is 4.74 Å². The van der Waals surface area contributed by atoms with E-state index in [0.717, 1.165) is 36.6 Å². The summed E-state index contributed by atoms with van der Waals surface area (Å²) in [5.74, 6) is 0. The molecule has 1 saturated heterocycles. The van der Waals surface area contributed by atoms with E-state index in [-0.39, 0.29) is 6.04 Å². The molecule has 1 N–H and O–H groups in total. The maximum atomic E-state index is 6.28. The number of nitrogens with zero attached hydrogens (tertiary/aromatic N) is 2. The van der Waals surface area contributed by atoms with Crippen LogP contribution in [0.25, 0.3) is 0 Å². The van der Waals surface area contributed by atoms with E-state index < -0.39 is 0 Å². The molecule has 0 bridgehead atoms. The predicted molar refractivity (Wildman–Crippen MR) is 73.0 cm³/mol. The number of halogens is 1. The van der Waals surface area contributed by atoms with Crippen molar-refractivity contribution >= 4 is 11.6 Å². The lowest BCUT2D eigenvalue weighted by atomic mass is 10.0. The van der Waals surface area contributed by atoms with Crippen molar-refractivity contribution in [3.63, 3.8) is 0 Å². The topological polar surface area (TPSA) is 39.1 Å². The minimum atomic E-state index is 0.200. The van der Waals surface area contributed by atoms with Gasteiger partial charge in [-0.2, -0.15) is 5.10 Å². The third-order valence-corrected chi connectivity index (χ3v) is 3.77. The van der Waals surface area contributed by atoms with Crippen LogP contribution < -0.4 is 5.32 Å². The van der Waals surface area contributed by atoms with Crippen molar-refractivity contribution in [1.29, 1.82) is 0 Å². The molecule has 2 atom stereocenters. The lowest BCUT2D eigenvalue weighted by Gasteiger charge is -2.23. The highest BCUT2D eigenvalue weighted by Gasteiger charge is 2.25. The van der Waals surface area contributed by atoms with Crippen LogP contribution in [-0.2, 0) is 4.74 Å². The van der Waals surface area contributed by atoms with Gasteiger partial charge in [-0.15, -0.1) is 0 Å². The number of hydrogen-bond donors (Lipinski definition) is 1. The summed E-state index contributed by atoms with van der Waals surface area (Å²) in [6.07, 6.45) is 5.34. The smallest absolute Gasteiger partial charge is 0.0834 e. The second-order valence-electron chi connectivity index (χ2n) is 5.13. The number of aromatic nitrogens is 2. The second kappa shape index (κ2) is 6.04. The molecule has 2 heterocycles.